The quantitative estimate of drug-likeness (QED) is 0.129. The Labute approximate surface area is 729 Å². The van der Waals surface area contributed by atoms with Crippen LogP contribution >= 0.6 is 0 Å². The topological polar surface area (TPSA) is 50.4 Å². The minimum absolute atomic E-state index is 0.823. The van der Waals surface area contributed by atoms with Gasteiger partial charge < -0.3 is 36.2 Å². The maximum absolute atomic E-state index is 7.15. The maximum Gasteiger partial charge on any atom is 0.159 e. The molecule has 0 atom stereocenters. The van der Waals surface area contributed by atoms with Gasteiger partial charge in [-0.25, -0.2) is 0 Å². The van der Waals surface area contributed by atoms with Crippen molar-refractivity contribution in [2.75, 3.05) is 9.80 Å². The molecule has 10 heterocycles. The number of anilines is 6. The van der Waals surface area contributed by atoms with E-state index in [-0.39, 0.29) is 0 Å². The minimum atomic E-state index is 0.823. The Balaban J connectivity index is 0.594. The first-order chi connectivity index (χ1) is 63.5. The lowest BCUT2D eigenvalue weighted by atomic mass is 9.95. The van der Waals surface area contributed by atoms with Crippen molar-refractivity contribution in [2.24, 2.45) is 0 Å². The Hall–Kier alpha value is -17.2. The van der Waals surface area contributed by atoms with Crippen molar-refractivity contribution in [2.45, 2.75) is 0 Å². The molecular weight excluding hydrogens is 1560 g/mol. The van der Waals surface area contributed by atoms with Crippen LogP contribution in [-0.2, 0) is 0 Å². The molecule has 0 bridgehead atoms. The first kappa shape index (κ1) is 68.3. The van der Waals surface area contributed by atoms with Gasteiger partial charge in [0.25, 0.3) is 0 Å². The molecule has 0 aliphatic rings. The number of rotatable bonds is 11. The van der Waals surface area contributed by atoms with E-state index in [0.717, 1.165) is 139 Å². The highest BCUT2D eigenvalue weighted by Crippen LogP contribution is 2.56. The number of furan rings is 2. The molecule has 8 nitrogen and oxygen atoms in total. The summed E-state index contributed by atoms with van der Waals surface area (Å²) in [5, 5.41) is 23.8. The van der Waals surface area contributed by atoms with Crippen LogP contribution in [0.5, 0.6) is 0 Å². The first-order valence-corrected chi connectivity index (χ1v) is 44.1. The van der Waals surface area contributed by atoms with Crippen LogP contribution in [0.2, 0.25) is 0 Å². The number of fused-ring (bicyclic) bond motifs is 30. The summed E-state index contributed by atoms with van der Waals surface area (Å²) in [5.41, 5.74) is 35.4. The molecule has 0 amide bonds. The third-order valence-corrected chi connectivity index (χ3v) is 28.4. The second-order valence-corrected chi connectivity index (χ2v) is 34.8. The Morgan fingerprint density at radius 2 is 0.469 bits per heavy atom. The third-order valence-electron chi connectivity index (χ3n) is 28.4. The lowest BCUT2D eigenvalue weighted by Gasteiger charge is -2.27. The van der Waals surface area contributed by atoms with E-state index in [2.05, 4.69) is 440 Å². The van der Waals surface area contributed by atoms with Crippen LogP contribution in [0, 0.1) is 0 Å². The van der Waals surface area contributed by atoms with Crippen molar-refractivity contribution in [1.82, 2.24) is 17.6 Å². The van der Waals surface area contributed by atoms with Gasteiger partial charge in [-0.05, 0) is 171 Å². The lowest BCUT2D eigenvalue weighted by molar-refractivity contribution is 0.669. The predicted molar refractivity (Wildman–Crippen MR) is 536 cm³/mol. The van der Waals surface area contributed by atoms with Crippen LogP contribution in [-0.4, -0.2) is 17.6 Å². The summed E-state index contributed by atoms with van der Waals surface area (Å²) < 4.78 is 24.4. The smallest absolute Gasteiger partial charge is 0.159 e. The van der Waals surface area contributed by atoms with E-state index >= 15 is 0 Å². The SMILES string of the molecule is c1ccc(-c2cccc(N(c3cccc4c3oc3ccccc34)c3ccc4c5cc6c(cc5n5c7ccccc7c3c45)c3ccc(N(c4cccc(-c5cccc(-c7ccc8c9c(-c%10ccccc%10)ccc%10c%11cc%12c(cc%11n(c8c7)c%109)c7ccc(-c8ccccc8)c8c9ccccc9n%12c78)c5)c4)c4cccc5c4oc4ccccc45)c4c5ccccc5n6c34)c2)cc1. The first-order valence-electron chi connectivity index (χ1n) is 44.1. The Morgan fingerprint density at radius 3 is 0.922 bits per heavy atom. The summed E-state index contributed by atoms with van der Waals surface area (Å²) in [5.74, 6) is 0. The van der Waals surface area contributed by atoms with Gasteiger partial charge in [0.2, 0.25) is 0 Å². The van der Waals surface area contributed by atoms with Gasteiger partial charge in [-0.15, -0.1) is 0 Å². The lowest BCUT2D eigenvalue weighted by Crippen LogP contribution is -2.11. The van der Waals surface area contributed by atoms with E-state index in [1.165, 1.54) is 147 Å². The molecule has 8 heteroatoms. The number of benzene rings is 20. The van der Waals surface area contributed by atoms with Crippen LogP contribution in [0.1, 0.15) is 0 Å². The van der Waals surface area contributed by atoms with Gasteiger partial charge in [0.1, 0.15) is 11.2 Å². The number of para-hydroxylation sites is 7. The van der Waals surface area contributed by atoms with Gasteiger partial charge in [0.15, 0.2) is 11.2 Å². The van der Waals surface area contributed by atoms with Crippen LogP contribution in [0.15, 0.2) is 421 Å². The number of aromatic nitrogens is 4. The summed E-state index contributed by atoms with van der Waals surface area (Å²) in [7, 11) is 0. The molecule has 30 aromatic rings. The highest BCUT2D eigenvalue weighted by atomic mass is 16.3. The number of hydrogen-bond donors (Lipinski definition) is 0. The summed E-state index contributed by atoms with van der Waals surface area (Å²) in [4.78, 5) is 4.92. The van der Waals surface area contributed by atoms with Gasteiger partial charge >= 0.3 is 0 Å². The Kier molecular flexibility index (Phi) is 13.5. The molecular formula is C120H68N6O2. The molecule has 0 unspecified atom stereocenters. The minimum Gasteiger partial charge on any atom is -0.454 e. The molecule has 10 aromatic heterocycles. The van der Waals surface area contributed by atoms with Crippen molar-refractivity contribution >= 4 is 230 Å². The second-order valence-electron chi connectivity index (χ2n) is 34.8. The highest BCUT2D eigenvalue weighted by molar-refractivity contribution is 6.35. The third kappa shape index (κ3) is 9.10. The summed E-state index contributed by atoms with van der Waals surface area (Å²) in [6.45, 7) is 0. The fraction of sp³-hybridized carbons (Fsp3) is 0. The van der Waals surface area contributed by atoms with Gasteiger partial charge in [-0.2, -0.15) is 0 Å². The standard InChI is InChI=1S/C120H68N6O2/c1-4-25-69(26-5-1)74-33-21-35-77(62-74)121(102-47-23-42-87-81-37-13-18-49-109(81)127-119(87)102)100-59-57-85-95-66-107-96(67-106(95)124-98-45-16-11-40-90(98)113(100)117(85)124)86-58-60-101(114-91-41-12-17-46-99(91)125(107)118(86)114)122(103-48-24-43-88-82-38-14-19-50-110(82)128-120(88)103)78-36-22-34-75(63-78)72-31-20-32-73(61-72)76-51-52-92-104(64-76)126-108-68-93-83-55-53-79(70-27-6-2-7-28-70)111-89-39-10-15-44-97(89)123(115(83)111)105(93)65-94(108)84-56-54-80(112(92)116(84)126)71-29-8-3-9-30-71/h1-68H. The molecule has 30 rings (SSSR count). The molecule has 590 valence electrons. The summed E-state index contributed by atoms with van der Waals surface area (Å²) in [6.07, 6.45) is 0. The van der Waals surface area contributed by atoms with E-state index in [9.17, 15) is 0 Å². The zero-order chi connectivity index (χ0) is 83.0. The molecule has 0 N–H and O–H groups in total. The van der Waals surface area contributed by atoms with Gasteiger partial charge in [-0.1, -0.05) is 297 Å². The van der Waals surface area contributed by atoms with E-state index < -0.39 is 0 Å². The maximum atomic E-state index is 7.15. The molecule has 20 aromatic carbocycles. The molecule has 0 aliphatic heterocycles. The average Bonchev–Trinajstić information content (AvgIpc) is 1.51. The Morgan fingerprint density at radius 1 is 0.164 bits per heavy atom. The molecule has 0 saturated heterocycles. The second kappa shape index (κ2) is 25.3. The van der Waals surface area contributed by atoms with Crippen molar-refractivity contribution in [3.63, 3.8) is 0 Å². The summed E-state index contributed by atoms with van der Waals surface area (Å²) in [6, 6.07) is 153. The Bertz CT molecular complexity index is 10000. The largest absolute Gasteiger partial charge is 0.454 e. The molecule has 0 saturated carbocycles. The zero-order valence-corrected chi connectivity index (χ0v) is 68.8. The van der Waals surface area contributed by atoms with Gasteiger partial charge in [0.05, 0.1) is 88.9 Å². The van der Waals surface area contributed by atoms with Crippen LogP contribution in [0.3, 0.4) is 0 Å². The average molecular weight is 1630 g/mol. The van der Waals surface area contributed by atoms with Crippen molar-refractivity contribution < 1.29 is 8.83 Å². The molecule has 0 fully saturated rings. The highest BCUT2D eigenvalue weighted by Gasteiger charge is 2.33. The van der Waals surface area contributed by atoms with E-state index in [1.807, 2.05) is 0 Å². The molecule has 128 heavy (non-hydrogen) atoms. The van der Waals surface area contributed by atoms with Crippen molar-refractivity contribution in [3.8, 4) is 55.6 Å². The van der Waals surface area contributed by atoms with Gasteiger partial charge in [-0.3, -0.25) is 0 Å². The zero-order valence-electron chi connectivity index (χ0n) is 68.8. The van der Waals surface area contributed by atoms with E-state index in [0.29, 0.717) is 0 Å². The molecule has 0 radical (unpaired) electrons. The van der Waals surface area contributed by atoms with E-state index in [4.69, 9.17) is 8.83 Å². The van der Waals surface area contributed by atoms with Crippen molar-refractivity contribution in [3.05, 3.63) is 413 Å². The fourth-order valence-corrected chi connectivity index (χ4v) is 23.1. The molecule has 0 spiro atoms. The van der Waals surface area contributed by atoms with E-state index in [1.54, 1.807) is 0 Å². The predicted octanol–water partition coefficient (Wildman–Crippen LogP) is 33.4. The fourth-order valence-electron chi connectivity index (χ4n) is 23.1. The van der Waals surface area contributed by atoms with Gasteiger partial charge in [0, 0.05) is 119 Å². The number of nitrogens with zero attached hydrogens (tertiary/aromatic N) is 6. The summed E-state index contributed by atoms with van der Waals surface area (Å²) >= 11 is 0. The monoisotopic (exact) mass is 1620 g/mol. The molecule has 0 aliphatic carbocycles. The number of hydrogen-bond acceptors (Lipinski definition) is 4. The normalized spacial score (nSPS) is 12.5. The van der Waals surface area contributed by atoms with Crippen LogP contribution in [0.4, 0.5) is 34.1 Å². The van der Waals surface area contributed by atoms with Crippen LogP contribution in [0.25, 0.3) is 252 Å². The van der Waals surface area contributed by atoms with Crippen molar-refractivity contribution in [1.29, 1.82) is 0 Å². The van der Waals surface area contributed by atoms with Crippen LogP contribution < -0.4 is 9.80 Å².